The predicted octanol–water partition coefficient (Wildman–Crippen LogP) is 7.44. The fraction of sp³-hybridized carbons (Fsp3) is 0.484. The summed E-state index contributed by atoms with van der Waals surface area (Å²) in [6.45, 7) is 2.64. The van der Waals surface area contributed by atoms with Crippen molar-refractivity contribution in [3.05, 3.63) is 66.5 Å². The van der Waals surface area contributed by atoms with Gasteiger partial charge in [0.2, 0.25) is 10.0 Å². The Morgan fingerprint density at radius 2 is 1.56 bits per heavy atom. The van der Waals surface area contributed by atoms with Crippen LogP contribution in [0.1, 0.15) is 50.5 Å². The van der Waals surface area contributed by atoms with Gasteiger partial charge < -0.3 is 10.0 Å². The van der Waals surface area contributed by atoms with E-state index in [4.69, 9.17) is 23.2 Å². The maximum Gasteiger partial charge on any atom is 0.322 e. The molecule has 2 aliphatic heterocycles. The van der Waals surface area contributed by atoms with E-state index in [1.165, 1.54) is 12.3 Å². The number of carboxylic acid groups (broad SMARTS) is 1. The zero-order valence-corrected chi connectivity index (χ0v) is 33.0. The number of hydrogen-bond acceptors (Lipinski definition) is 8. The number of aromatic nitrogens is 1. The third-order valence-corrected chi connectivity index (χ3v) is 16.1. The molecular weight excluding hydrogens is 851 g/mol. The molecule has 0 spiro atoms. The van der Waals surface area contributed by atoms with Gasteiger partial charge in [0.1, 0.15) is 25.3 Å². The molecule has 0 amide bonds. The van der Waals surface area contributed by atoms with Crippen molar-refractivity contribution in [3.63, 3.8) is 0 Å². The van der Waals surface area contributed by atoms with Crippen LogP contribution in [0.2, 0.25) is 9.36 Å². The predicted molar refractivity (Wildman–Crippen MR) is 196 cm³/mol. The highest BCUT2D eigenvalue weighted by molar-refractivity contribution is 9.11. The molecule has 17 heteroatoms. The second-order valence-electron chi connectivity index (χ2n) is 12.2. The van der Waals surface area contributed by atoms with Crippen LogP contribution in [0.3, 0.4) is 0 Å². The Kier molecular flexibility index (Phi) is 12.9. The van der Waals surface area contributed by atoms with E-state index >= 15 is 0 Å². The van der Waals surface area contributed by atoms with Gasteiger partial charge in [-0.3, -0.25) is 4.79 Å². The summed E-state index contributed by atoms with van der Waals surface area (Å²) < 4.78 is 58.0. The number of carboxylic acids is 1. The molecule has 2 N–H and O–H groups in total. The summed E-state index contributed by atoms with van der Waals surface area (Å²) in [4.78, 5) is 18.3. The second kappa shape index (κ2) is 16.4. The quantitative estimate of drug-likeness (QED) is 0.181. The first-order valence-corrected chi connectivity index (χ1v) is 21.7. The zero-order valence-electron chi connectivity index (χ0n) is 25.8. The van der Waals surface area contributed by atoms with Crippen LogP contribution in [0.5, 0.6) is 0 Å². The summed E-state index contributed by atoms with van der Waals surface area (Å²) in [7, 11) is -7.68. The standard InChI is InChI=1S/C31H36Br2Cl2N4O6S3/c32-25-18-28(46-29(25)35)48(44,45)39-14-10-21(11-15-39)3-1-2-20-8-12-38(13-9-20)30-26(33)17-24(19-36-30)47(42,43)37-27(31(40)41)16-22-4-6-23(34)7-5-22/h4-7,17-21,27,37H,1-3,8-16H2,(H,40,41)/t27-/m0/s1. The highest BCUT2D eigenvalue weighted by Gasteiger charge is 2.32. The molecule has 1 atom stereocenters. The van der Waals surface area contributed by atoms with E-state index in [1.807, 2.05) is 0 Å². The Bertz CT molecular complexity index is 1790. The maximum absolute atomic E-state index is 13.1. The number of piperidine rings is 2. The average Bonchev–Trinajstić information content (AvgIpc) is 3.40. The molecule has 0 bridgehead atoms. The largest absolute Gasteiger partial charge is 0.480 e. The first-order valence-electron chi connectivity index (χ1n) is 15.6. The van der Waals surface area contributed by atoms with Gasteiger partial charge in [-0.25, -0.2) is 21.8 Å². The minimum absolute atomic E-state index is 0.0402. The number of halogens is 4. The van der Waals surface area contributed by atoms with Gasteiger partial charge in [-0.1, -0.05) is 54.6 Å². The minimum Gasteiger partial charge on any atom is -0.480 e. The number of hydrogen-bond donors (Lipinski definition) is 2. The van der Waals surface area contributed by atoms with Crippen molar-refractivity contribution in [3.8, 4) is 0 Å². The lowest BCUT2D eigenvalue weighted by atomic mass is 9.87. The van der Waals surface area contributed by atoms with Crippen LogP contribution in [0.25, 0.3) is 0 Å². The van der Waals surface area contributed by atoms with Crippen LogP contribution in [0, 0.1) is 11.8 Å². The fourth-order valence-corrected chi connectivity index (χ4v) is 12.2. The smallest absolute Gasteiger partial charge is 0.322 e. The molecule has 48 heavy (non-hydrogen) atoms. The van der Waals surface area contributed by atoms with Crippen molar-refractivity contribution < 1.29 is 26.7 Å². The van der Waals surface area contributed by atoms with Crippen LogP contribution in [0.15, 0.2) is 60.6 Å². The molecule has 0 saturated carbocycles. The number of nitrogens with zero attached hydrogens (tertiary/aromatic N) is 3. The van der Waals surface area contributed by atoms with Crippen molar-refractivity contribution >= 4 is 98.2 Å². The molecule has 0 aliphatic carbocycles. The van der Waals surface area contributed by atoms with Gasteiger partial charge in [0.15, 0.2) is 0 Å². The van der Waals surface area contributed by atoms with E-state index < -0.39 is 32.1 Å². The molecular formula is C31H36Br2Cl2N4O6S3. The summed E-state index contributed by atoms with van der Waals surface area (Å²) in [5.74, 6) is 0.468. The molecule has 0 unspecified atom stereocenters. The van der Waals surface area contributed by atoms with Gasteiger partial charge in [0.25, 0.3) is 10.0 Å². The number of carbonyl (C=O) groups is 1. The van der Waals surface area contributed by atoms with Crippen LogP contribution in [0.4, 0.5) is 5.82 Å². The van der Waals surface area contributed by atoms with Gasteiger partial charge in [0, 0.05) is 41.9 Å². The Labute approximate surface area is 312 Å². The fourth-order valence-electron chi connectivity index (χ4n) is 6.23. The molecule has 3 aromatic rings. The molecule has 0 radical (unpaired) electrons. The number of rotatable bonds is 13. The average molecular weight is 888 g/mol. The summed E-state index contributed by atoms with van der Waals surface area (Å²) in [5.41, 5.74) is 0.635. The van der Waals surface area contributed by atoms with Crippen molar-refractivity contribution in [2.45, 2.75) is 66.5 Å². The lowest BCUT2D eigenvalue weighted by molar-refractivity contribution is -0.138. The van der Waals surface area contributed by atoms with Gasteiger partial charge in [-0.15, -0.1) is 11.3 Å². The van der Waals surface area contributed by atoms with E-state index in [2.05, 4.69) is 46.5 Å². The van der Waals surface area contributed by atoms with Crippen LogP contribution < -0.4 is 9.62 Å². The summed E-state index contributed by atoms with van der Waals surface area (Å²) in [6, 6.07) is 8.25. The number of aliphatic carboxylic acids is 1. The third kappa shape index (κ3) is 9.52. The highest BCUT2D eigenvalue weighted by Crippen LogP contribution is 2.37. The normalized spacial score (nSPS) is 17.9. The minimum atomic E-state index is -4.16. The van der Waals surface area contributed by atoms with E-state index in [9.17, 15) is 26.7 Å². The van der Waals surface area contributed by atoms with E-state index in [0.717, 1.165) is 69.4 Å². The SMILES string of the molecule is O=C(O)[C@H](Cc1ccc(Cl)cc1)NS(=O)(=O)c1cnc(N2CCC(CCCC3CCN(S(=O)(=O)c4cc(Br)c(Cl)s4)CC3)CC2)c(Br)c1. The summed E-state index contributed by atoms with van der Waals surface area (Å²) in [6.07, 6.45) is 8.24. The number of thiophene rings is 1. The van der Waals surface area contributed by atoms with Crippen LogP contribution in [-0.2, 0) is 31.3 Å². The van der Waals surface area contributed by atoms with Crippen LogP contribution >= 0.6 is 66.4 Å². The van der Waals surface area contributed by atoms with Gasteiger partial charge in [-0.2, -0.15) is 9.03 Å². The number of nitrogens with one attached hydrogen (secondary N) is 1. The van der Waals surface area contributed by atoms with Gasteiger partial charge in [-0.05, 0) is 106 Å². The lowest BCUT2D eigenvalue weighted by Gasteiger charge is -2.34. The number of anilines is 1. The second-order valence-corrected chi connectivity index (χ2v) is 19.9. The first-order chi connectivity index (χ1) is 22.7. The summed E-state index contributed by atoms with van der Waals surface area (Å²) in [5, 5.41) is 10.2. The van der Waals surface area contributed by atoms with Crippen molar-refractivity contribution in [1.29, 1.82) is 0 Å². The Balaban J connectivity index is 1.07. The number of pyridine rings is 1. The first kappa shape index (κ1) is 37.9. The van der Waals surface area contributed by atoms with Crippen molar-refractivity contribution in [1.82, 2.24) is 14.0 Å². The number of sulfonamides is 2. The third-order valence-electron chi connectivity index (χ3n) is 8.98. The monoisotopic (exact) mass is 884 g/mol. The van der Waals surface area contributed by atoms with Crippen molar-refractivity contribution in [2.75, 3.05) is 31.1 Å². The zero-order chi connectivity index (χ0) is 34.6. The molecule has 5 rings (SSSR count). The molecule has 2 aliphatic rings. The highest BCUT2D eigenvalue weighted by atomic mass is 79.9. The molecule has 1 aromatic carbocycles. The Hall–Kier alpha value is -1.30. The topological polar surface area (TPSA) is 137 Å². The van der Waals surface area contributed by atoms with E-state index in [0.29, 0.717) is 54.6 Å². The maximum atomic E-state index is 13.1. The molecule has 2 saturated heterocycles. The number of benzene rings is 1. The molecule has 262 valence electrons. The van der Waals surface area contributed by atoms with Crippen LogP contribution in [-0.4, -0.2) is 69.4 Å². The van der Waals surface area contributed by atoms with E-state index in [-0.39, 0.29) is 15.5 Å². The molecule has 2 fully saturated rings. The molecule has 4 heterocycles. The van der Waals surface area contributed by atoms with Gasteiger partial charge >= 0.3 is 5.97 Å². The molecule has 10 nitrogen and oxygen atoms in total. The van der Waals surface area contributed by atoms with Gasteiger partial charge in [0.05, 0.1) is 4.47 Å². The Morgan fingerprint density at radius 1 is 0.958 bits per heavy atom. The Morgan fingerprint density at radius 3 is 2.10 bits per heavy atom. The lowest BCUT2D eigenvalue weighted by Crippen LogP contribution is -2.42. The van der Waals surface area contributed by atoms with E-state index in [1.54, 1.807) is 34.6 Å². The summed E-state index contributed by atoms with van der Waals surface area (Å²) >= 11 is 19.8. The molecule has 2 aromatic heterocycles. The van der Waals surface area contributed by atoms with Crippen molar-refractivity contribution in [2.24, 2.45) is 11.8 Å².